The molecule has 0 unspecified atom stereocenters. The van der Waals surface area contributed by atoms with E-state index in [1.165, 1.54) is 7.05 Å². The van der Waals surface area contributed by atoms with Crippen molar-refractivity contribution in [2.75, 3.05) is 5.32 Å². The molecule has 0 spiro atoms. The third kappa shape index (κ3) is 3.90. The number of aromatic nitrogens is 1. The quantitative estimate of drug-likeness (QED) is 0.817. The maximum atomic E-state index is 13.4. The molecule has 0 aliphatic carbocycles. The fourth-order valence-corrected chi connectivity index (χ4v) is 1.11. The van der Waals surface area contributed by atoms with E-state index in [2.05, 4.69) is 5.32 Å². The highest BCUT2D eigenvalue weighted by atomic mass is 19.1. The molecule has 0 atom stereocenters. The van der Waals surface area contributed by atoms with Crippen LogP contribution in [0.15, 0.2) is 17.1 Å². The Morgan fingerprint density at radius 2 is 2.06 bits per heavy atom. The number of halogens is 1. The van der Waals surface area contributed by atoms with Gasteiger partial charge in [0.15, 0.2) is 5.82 Å². The first-order chi connectivity index (χ1) is 7.69. The minimum absolute atomic E-state index is 0.192. The maximum absolute atomic E-state index is 13.4. The van der Waals surface area contributed by atoms with Gasteiger partial charge < -0.3 is 9.30 Å². The second kappa shape index (κ2) is 4.57. The highest BCUT2D eigenvalue weighted by Gasteiger charge is 2.17. The molecule has 1 rings (SSSR count). The second-order valence-corrected chi connectivity index (χ2v) is 4.61. The number of rotatable bonds is 1. The fourth-order valence-electron chi connectivity index (χ4n) is 1.11. The highest BCUT2D eigenvalue weighted by molar-refractivity contribution is 5.84. The third-order valence-electron chi connectivity index (χ3n) is 1.82. The molecule has 1 heterocycles. The Morgan fingerprint density at radius 3 is 2.59 bits per heavy atom. The van der Waals surface area contributed by atoms with Crippen molar-refractivity contribution in [1.29, 1.82) is 0 Å². The van der Waals surface area contributed by atoms with Crippen LogP contribution in [-0.4, -0.2) is 16.3 Å². The summed E-state index contributed by atoms with van der Waals surface area (Å²) in [4.78, 5) is 22.6. The van der Waals surface area contributed by atoms with E-state index in [0.717, 1.165) is 16.8 Å². The van der Waals surface area contributed by atoms with Gasteiger partial charge in [-0.05, 0) is 20.8 Å². The van der Waals surface area contributed by atoms with Crippen LogP contribution >= 0.6 is 0 Å². The summed E-state index contributed by atoms with van der Waals surface area (Å²) in [5.74, 6) is -0.696. The van der Waals surface area contributed by atoms with Gasteiger partial charge in [-0.3, -0.25) is 10.1 Å². The predicted octanol–water partition coefficient (Wildman–Crippen LogP) is 1.87. The highest BCUT2D eigenvalue weighted by Crippen LogP contribution is 2.13. The Morgan fingerprint density at radius 1 is 1.47 bits per heavy atom. The number of anilines is 1. The molecule has 1 aromatic heterocycles. The van der Waals surface area contributed by atoms with E-state index < -0.39 is 23.1 Å². The van der Waals surface area contributed by atoms with Gasteiger partial charge >= 0.3 is 6.09 Å². The van der Waals surface area contributed by atoms with Gasteiger partial charge in [0.1, 0.15) is 5.60 Å². The van der Waals surface area contributed by atoms with Gasteiger partial charge in [0, 0.05) is 19.3 Å². The number of hydrogen-bond acceptors (Lipinski definition) is 3. The van der Waals surface area contributed by atoms with Crippen molar-refractivity contribution in [1.82, 2.24) is 4.57 Å². The molecule has 0 aliphatic heterocycles. The largest absolute Gasteiger partial charge is 0.444 e. The standard InChI is InChI=1S/C11H15FN2O3/c1-11(2,3)17-10(16)13-8-5-9(15)14(4)6-7(8)12/h5-6H,1-4H3,(H,13,16). The topological polar surface area (TPSA) is 60.3 Å². The first kappa shape index (κ1) is 13.2. The summed E-state index contributed by atoms with van der Waals surface area (Å²) >= 11 is 0. The number of nitrogens with zero attached hydrogens (tertiary/aromatic N) is 1. The van der Waals surface area contributed by atoms with Crippen molar-refractivity contribution >= 4 is 11.8 Å². The van der Waals surface area contributed by atoms with Crippen LogP contribution in [0.1, 0.15) is 20.8 Å². The Labute approximate surface area is 98.2 Å². The van der Waals surface area contributed by atoms with Gasteiger partial charge in [-0.2, -0.15) is 0 Å². The van der Waals surface area contributed by atoms with E-state index in [-0.39, 0.29) is 5.69 Å². The predicted molar refractivity (Wildman–Crippen MR) is 61.5 cm³/mol. The molecule has 6 heteroatoms. The molecule has 0 bridgehead atoms. The molecule has 0 saturated heterocycles. The summed E-state index contributed by atoms with van der Waals surface area (Å²) in [5.41, 5.74) is -1.29. The van der Waals surface area contributed by atoms with Crippen molar-refractivity contribution in [3.05, 3.63) is 28.4 Å². The minimum atomic E-state index is -0.801. The van der Waals surface area contributed by atoms with Crippen molar-refractivity contribution in [2.45, 2.75) is 26.4 Å². The van der Waals surface area contributed by atoms with Gasteiger partial charge in [-0.1, -0.05) is 0 Å². The van der Waals surface area contributed by atoms with E-state index in [1.807, 2.05) is 0 Å². The van der Waals surface area contributed by atoms with Crippen LogP contribution in [0.2, 0.25) is 0 Å². The summed E-state index contributed by atoms with van der Waals surface area (Å²) in [6.07, 6.45) is 0.194. The van der Waals surface area contributed by atoms with Crippen molar-refractivity contribution in [2.24, 2.45) is 7.05 Å². The number of aryl methyl sites for hydroxylation is 1. The van der Waals surface area contributed by atoms with Gasteiger partial charge in [-0.15, -0.1) is 0 Å². The fraction of sp³-hybridized carbons (Fsp3) is 0.455. The third-order valence-corrected chi connectivity index (χ3v) is 1.82. The summed E-state index contributed by atoms with van der Waals surface area (Å²) in [5, 5.41) is 2.19. The molecule has 5 nitrogen and oxygen atoms in total. The zero-order valence-electron chi connectivity index (χ0n) is 10.2. The Kier molecular flexibility index (Phi) is 3.55. The molecule has 1 amide bonds. The molecular formula is C11H15FN2O3. The first-order valence-corrected chi connectivity index (χ1v) is 5.05. The summed E-state index contributed by atoms with van der Waals surface area (Å²) < 4.78 is 19.4. The Hall–Kier alpha value is -1.85. The summed E-state index contributed by atoms with van der Waals surface area (Å²) in [6.45, 7) is 5.06. The molecule has 94 valence electrons. The number of pyridine rings is 1. The average molecular weight is 242 g/mol. The van der Waals surface area contributed by atoms with Gasteiger partial charge in [0.05, 0.1) is 5.69 Å². The number of hydrogen-bond donors (Lipinski definition) is 1. The van der Waals surface area contributed by atoms with Crippen LogP contribution in [0, 0.1) is 5.82 Å². The van der Waals surface area contributed by atoms with E-state index in [9.17, 15) is 14.0 Å². The minimum Gasteiger partial charge on any atom is -0.444 e. The van der Waals surface area contributed by atoms with E-state index in [1.54, 1.807) is 20.8 Å². The smallest absolute Gasteiger partial charge is 0.412 e. The lowest BCUT2D eigenvalue weighted by Crippen LogP contribution is -2.28. The molecule has 1 N–H and O–H groups in total. The van der Waals surface area contributed by atoms with E-state index in [4.69, 9.17) is 4.74 Å². The van der Waals surface area contributed by atoms with E-state index in [0.29, 0.717) is 0 Å². The molecule has 17 heavy (non-hydrogen) atoms. The number of amides is 1. The SMILES string of the molecule is Cn1cc(F)c(NC(=O)OC(C)(C)C)cc1=O. The first-order valence-electron chi connectivity index (χ1n) is 5.05. The van der Waals surface area contributed by atoms with Crippen molar-refractivity contribution < 1.29 is 13.9 Å². The Balaban J connectivity index is 2.86. The van der Waals surface area contributed by atoms with E-state index >= 15 is 0 Å². The molecule has 1 aromatic rings. The lowest BCUT2D eigenvalue weighted by atomic mass is 10.2. The van der Waals surface area contributed by atoms with Crippen LogP contribution in [0.4, 0.5) is 14.9 Å². The number of carbonyl (C=O) groups excluding carboxylic acids is 1. The van der Waals surface area contributed by atoms with Crippen molar-refractivity contribution in [3.8, 4) is 0 Å². The molecule has 0 aromatic carbocycles. The van der Waals surface area contributed by atoms with Crippen LogP contribution in [0.5, 0.6) is 0 Å². The number of nitrogens with one attached hydrogen (secondary N) is 1. The van der Waals surface area contributed by atoms with Gasteiger partial charge in [-0.25, -0.2) is 9.18 Å². The normalized spacial score (nSPS) is 11.1. The van der Waals surface area contributed by atoms with Crippen LogP contribution < -0.4 is 10.9 Å². The molecular weight excluding hydrogens is 227 g/mol. The number of carbonyl (C=O) groups is 1. The number of ether oxygens (including phenoxy) is 1. The summed E-state index contributed by atoms with van der Waals surface area (Å²) in [6, 6.07) is 0.999. The van der Waals surface area contributed by atoms with Crippen molar-refractivity contribution in [3.63, 3.8) is 0 Å². The zero-order chi connectivity index (χ0) is 13.2. The molecule has 0 fully saturated rings. The lowest BCUT2D eigenvalue weighted by Gasteiger charge is -2.19. The average Bonchev–Trinajstić information content (AvgIpc) is 2.11. The van der Waals surface area contributed by atoms with Gasteiger partial charge in [0.25, 0.3) is 5.56 Å². The lowest BCUT2D eigenvalue weighted by molar-refractivity contribution is 0.0635. The maximum Gasteiger partial charge on any atom is 0.412 e. The zero-order valence-corrected chi connectivity index (χ0v) is 10.2. The Bertz CT molecular complexity index is 488. The van der Waals surface area contributed by atoms with Crippen LogP contribution in [0.25, 0.3) is 0 Å². The second-order valence-electron chi connectivity index (χ2n) is 4.61. The molecule has 0 aliphatic rings. The molecule has 0 radical (unpaired) electrons. The summed E-state index contributed by atoms with van der Waals surface area (Å²) in [7, 11) is 1.42. The van der Waals surface area contributed by atoms with Crippen LogP contribution in [0.3, 0.4) is 0 Å². The van der Waals surface area contributed by atoms with Gasteiger partial charge in [0.2, 0.25) is 0 Å². The molecule has 0 saturated carbocycles. The van der Waals surface area contributed by atoms with Crippen LogP contribution in [-0.2, 0) is 11.8 Å². The monoisotopic (exact) mass is 242 g/mol.